The molecule has 0 atom stereocenters. The molecule has 7 heteroatoms. The van der Waals surface area contributed by atoms with Crippen LogP contribution in [-0.2, 0) is 0 Å². The summed E-state index contributed by atoms with van der Waals surface area (Å²) in [6.45, 7) is 11.2. The van der Waals surface area contributed by atoms with Gasteiger partial charge < -0.3 is 24.2 Å². The van der Waals surface area contributed by atoms with Crippen molar-refractivity contribution in [2.24, 2.45) is 0 Å². The normalized spacial score (nSPS) is 15.9. The summed E-state index contributed by atoms with van der Waals surface area (Å²) in [7, 11) is 0. The fraction of sp³-hybridized carbons (Fsp3) is 0.400. The molecule has 0 aliphatic carbocycles. The Morgan fingerprint density at radius 2 is 1.75 bits per heavy atom. The summed E-state index contributed by atoms with van der Waals surface area (Å²) < 4.78 is 11.0. The monoisotopic (exact) mass is 450 g/mol. The summed E-state index contributed by atoms with van der Waals surface area (Å²) in [5.41, 5.74) is 4.56. The second kappa shape index (κ2) is 9.38. The van der Waals surface area contributed by atoms with Gasteiger partial charge in [-0.1, -0.05) is 26.0 Å². The van der Waals surface area contributed by atoms with E-state index in [2.05, 4.69) is 64.3 Å². The van der Waals surface area contributed by atoms with Crippen molar-refractivity contribution in [3.63, 3.8) is 0 Å². The Hall–Kier alpha value is -2.77. The smallest absolute Gasteiger partial charge is 0.231 e. The molecule has 0 N–H and O–H groups in total. The van der Waals surface area contributed by atoms with Crippen molar-refractivity contribution in [3.05, 3.63) is 47.8 Å². The third-order valence-electron chi connectivity index (χ3n) is 6.19. The first-order valence-electron chi connectivity index (χ1n) is 11.5. The van der Waals surface area contributed by atoms with Crippen LogP contribution in [0.1, 0.15) is 20.3 Å². The van der Waals surface area contributed by atoms with E-state index in [9.17, 15) is 0 Å². The molecule has 0 spiro atoms. The highest BCUT2D eigenvalue weighted by atomic mass is 32.1. The van der Waals surface area contributed by atoms with Crippen LogP contribution in [0.2, 0.25) is 0 Å². The van der Waals surface area contributed by atoms with Crippen molar-refractivity contribution in [2.45, 2.75) is 20.3 Å². The van der Waals surface area contributed by atoms with E-state index in [-0.39, 0.29) is 6.79 Å². The molecule has 6 nitrogen and oxygen atoms in total. The molecule has 1 aromatic heterocycles. The van der Waals surface area contributed by atoms with Gasteiger partial charge in [-0.15, -0.1) is 11.3 Å². The second-order valence-corrected chi connectivity index (χ2v) is 9.01. The summed E-state index contributed by atoms with van der Waals surface area (Å²) in [4.78, 5) is 12.2. The van der Waals surface area contributed by atoms with Gasteiger partial charge in [0.25, 0.3) is 0 Å². The first kappa shape index (κ1) is 21.1. The number of hydrogen-bond donors (Lipinski definition) is 0. The Bertz CT molecular complexity index is 1040. The van der Waals surface area contributed by atoms with Crippen LogP contribution < -0.4 is 19.3 Å². The first-order valence-corrected chi connectivity index (χ1v) is 12.3. The second-order valence-electron chi connectivity index (χ2n) is 8.17. The summed E-state index contributed by atoms with van der Waals surface area (Å²) in [5.74, 6) is 1.61. The highest BCUT2D eigenvalue weighted by molar-refractivity contribution is 7.14. The number of fused-ring (bicyclic) bond motifs is 1. The maximum absolute atomic E-state index is 5.58. The summed E-state index contributed by atoms with van der Waals surface area (Å²) >= 11 is 1.68. The number of benzene rings is 2. The number of anilines is 3. The maximum Gasteiger partial charge on any atom is 0.231 e. The molecule has 0 bridgehead atoms. The Kier molecular flexibility index (Phi) is 6.19. The minimum absolute atomic E-state index is 0.290. The van der Waals surface area contributed by atoms with E-state index >= 15 is 0 Å². The van der Waals surface area contributed by atoms with Crippen molar-refractivity contribution in [1.82, 2.24) is 9.88 Å². The average molecular weight is 451 g/mol. The molecule has 32 heavy (non-hydrogen) atoms. The Balaban J connectivity index is 1.33. The van der Waals surface area contributed by atoms with Crippen LogP contribution in [0, 0.1) is 0 Å². The SMILES string of the molecule is CCCN(c1ccc2c(c1)OCO2)c1nc(-c2ccc(N3CCN(CC)CC3)cc2)cs1. The van der Waals surface area contributed by atoms with Gasteiger partial charge in [-0.25, -0.2) is 4.98 Å². The minimum Gasteiger partial charge on any atom is -0.454 e. The number of likely N-dealkylation sites (N-methyl/N-ethyl adjacent to an activating group) is 1. The molecule has 3 aromatic rings. The molecule has 2 aromatic carbocycles. The van der Waals surface area contributed by atoms with Crippen molar-refractivity contribution in [3.8, 4) is 22.8 Å². The van der Waals surface area contributed by atoms with Crippen LogP contribution in [0.4, 0.5) is 16.5 Å². The van der Waals surface area contributed by atoms with E-state index in [1.54, 1.807) is 11.3 Å². The lowest BCUT2D eigenvalue weighted by atomic mass is 10.1. The van der Waals surface area contributed by atoms with Crippen LogP contribution in [0.3, 0.4) is 0 Å². The Morgan fingerprint density at radius 3 is 2.50 bits per heavy atom. The molecular formula is C25H30N4O2S. The number of hydrogen-bond acceptors (Lipinski definition) is 7. The summed E-state index contributed by atoms with van der Waals surface area (Å²) in [5, 5.41) is 3.15. The first-order chi connectivity index (χ1) is 15.7. The van der Waals surface area contributed by atoms with Crippen molar-refractivity contribution >= 4 is 27.8 Å². The molecule has 0 amide bonds. The van der Waals surface area contributed by atoms with E-state index in [4.69, 9.17) is 14.5 Å². The number of thiazole rings is 1. The summed E-state index contributed by atoms with van der Waals surface area (Å²) in [6.07, 6.45) is 1.03. The molecule has 0 unspecified atom stereocenters. The third-order valence-corrected chi connectivity index (χ3v) is 7.05. The van der Waals surface area contributed by atoms with Gasteiger partial charge in [0.1, 0.15) is 0 Å². The van der Waals surface area contributed by atoms with Gasteiger partial charge >= 0.3 is 0 Å². The molecular weight excluding hydrogens is 420 g/mol. The van der Waals surface area contributed by atoms with Crippen LogP contribution in [0.15, 0.2) is 47.8 Å². The third kappa shape index (κ3) is 4.27. The standard InChI is InChI=1S/C25H30N4O2S/c1-3-11-29(21-9-10-23-24(16-21)31-18-30-23)25-26-22(17-32-25)19-5-7-20(8-6-19)28-14-12-27(4-2)13-15-28/h5-10,16-17H,3-4,11-15,18H2,1-2H3. The fourth-order valence-electron chi connectivity index (χ4n) is 4.30. The lowest BCUT2D eigenvalue weighted by Crippen LogP contribution is -2.46. The van der Waals surface area contributed by atoms with Gasteiger partial charge in [0.2, 0.25) is 6.79 Å². The van der Waals surface area contributed by atoms with Gasteiger partial charge in [-0.05, 0) is 37.2 Å². The highest BCUT2D eigenvalue weighted by Crippen LogP contribution is 2.39. The molecule has 1 fully saturated rings. The van der Waals surface area contributed by atoms with E-state index in [0.29, 0.717) is 0 Å². The predicted octanol–water partition coefficient (Wildman–Crippen LogP) is 5.23. The average Bonchev–Trinajstić information content (AvgIpc) is 3.52. The number of nitrogens with zero attached hydrogens (tertiary/aromatic N) is 4. The summed E-state index contributed by atoms with van der Waals surface area (Å²) in [6, 6.07) is 15.0. The Labute approximate surface area is 194 Å². The van der Waals surface area contributed by atoms with E-state index in [1.165, 1.54) is 5.69 Å². The van der Waals surface area contributed by atoms with Crippen LogP contribution in [0.25, 0.3) is 11.3 Å². The number of ether oxygens (including phenoxy) is 2. The topological polar surface area (TPSA) is 41.1 Å². The van der Waals surface area contributed by atoms with Crippen molar-refractivity contribution in [2.75, 3.05) is 55.9 Å². The van der Waals surface area contributed by atoms with Crippen LogP contribution in [0.5, 0.6) is 11.5 Å². The van der Waals surface area contributed by atoms with Gasteiger partial charge in [0.05, 0.1) is 5.69 Å². The van der Waals surface area contributed by atoms with E-state index in [1.807, 2.05) is 12.1 Å². The lowest BCUT2D eigenvalue weighted by molar-refractivity contribution is 0.174. The number of piperazine rings is 1. The van der Waals surface area contributed by atoms with Crippen molar-refractivity contribution < 1.29 is 9.47 Å². The van der Waals surface area contributed by atoms with Crippen LogP contribution in [-0.4, -0.2) is 55.9 Å². The highest BCUT2D eigenvalue weighted by Gasteiger charge is 2.19. The Morgan fingerprint density at radius 1 is 0.969 bits per heavy atom. The van der Waals surface area contributed by atoms with Gasteiger partial charge in [0.15, 0.2) is 16.6 Å². The van der Waals surface area contributed by atoms with Gasteiger partial charge in [-0.2, -0.15) is 0 Å². The van der Waals surface area contributed by atoms with E-state index in [0.717, 1.165) is 79.3 Å². The minimum atomic E-state index is 0.290. The van der Waals surface area contributed by atoms with Crippen molar-refractivity contribution in [1.29, 1.82) is 0 Å². The molecule has 5 rings (SSSR count). The van der Waals surface area contributed by atoms with E-state index < -0.39 is 0 Å². The molecule has 0 radical (unpaired) electrons. The lowest BCUT2D eigenvalue weighted by Gasteiger charge is -2.35. The largest absolute Gasteiger partial charge is 0.454 e. The predicted molar refractivity (Wildman–Crippen MR) is 132 cm³/mol. The zero-order valence-electron chi connectivity index (χ0n) is 18.8. The zero-order chi connectivity index (χ0) is 21.9. The number of aromatic nitrogens is 1. The molecule has 3 heterocycles. The van der Waals surface area contributed by atoms with Gasteiger partial charge in [-0.3, -0.25) is 0 Å². The van der Waals surface area contributed by atoms with Gasteiger partial charge in [0, 0.05) is 61.1 Å². The maximum atomic E-state index is 5.58. The van der Waals surface area contributed by atoms with Crippen LogP contribution >= 0.6 is 11.3 Å². The number of rotatable bonds is 7. The molecule has 2 aliphatic heterocycles. The molecule has 0 saturated carbocycles. The fourth-order valence-corrected chi connectivity index (χ4v) is 5.18. The zero-order valence-corrected chi connectivity index (χ0v) is 19.6. The molecule has 1 saturated heterocycles. The molecule has 168 valence electrons. The molecule has 2 aliphatic rings. The quantitative estimate of drug-likeness (QED) is 0.491.